The summed E-state index contributed by atoms with van der Waals surface area (Å²) in [7, 11) is 0. The molecule has 4 aromatic rings. The van der Waals surface area contributed by atoms with Gasteiger partial charge in [0.15, 0.2) is 0 Å². The molecule has 4 aromatic carbocycles. The first-order valence-corrected chi connectivity index (χ1v) is 11.6. The Labute approximate surface area is 196 Å². The summed E-state index contributed by atoms with van der Waals surface area (Å²) in [5.41, 5.74) is 5.66. The Bertz CT molecular complexity index is 1290. The fraction of sp³-hybridized carbons (Fsp3) is 0.194. The van der Waals surface area contributed by atoms with Crippen molar-refractivity contribution >= 4 is 11.6 Å². The minimum absolute atomic E-state index is 0.0435. The lowest BCUT2D eigenvalue weighted by atomic mass is 9.65. The maximum atomic E-state index is 14.2. The zero-order valence-corrected chi connectivity index (χ0v) is 19.5. The third kappa shape index (κ3) is 3.56. The highest BCUT2D eigenvalue weighted by Gasteiger charge is 2.48. The van der Waals surface area contributed by atoms with Crippen LogP contribution in [-0.2, 0) is 5.41 Å². The average Bonchev–Trinajstić information content (AvgIpc) is 2.84. The number of hydrogen-bond donors (Lipinski definition) is 0. The van der Waals surface area contributed by atoms with Crippen LogP contribution in [0.15, 0.2) is 109 Å². The zero-order chi connectivity index (χ0) is 23.1. The second-order valence-electron chi connectivity index (χ2n) is 9.76. The molecule has 0 aliphatic carbocycles. The molecule has 5 rings (SSSR count). The molecule has 1 heterocycles. The van der Waals surface area contributed by atoms with Crippen molar-refractivity contribution < 1.29 is 4.79 Å². The first-order valence-electron chi connectivity index (χ1n) is 11.6. The normalized spacial score (nSPS) is 19.1. The fourth-order valence-electron chi connectivity index (χ4n) is 5.61. The molecule has 2 heteroatoms. The van der Waals surface area contributed by atoms with Crippen molar-refractivity contribution in [1.82, 2.24) is 0 Å². The van der Waals surface area contributed by atoms with Crippen molar-refractivity contribution in [3.05, 3.63) is 126 Å². The molecule has 0 N–H and O–H groups in total. The van der Waals surface area contributed by atoms with Gasteiger partial charge in [0.25, 0.3) is 5.91 Å². The van der Waals surface area contributed by atoms with Crippen LogP contribution in [-0.4, -0.2) is 11.4 Å². The van der Waals surface area contributed by atoms with Crippen molar-refractivity contribution in [2.24, 2.45) is 0 Å². The maximum Gasteiger partial charge on any atom is 0.259 e. The Morgan fingerprint density at radius 2 is 1.27 bits per heavy atom. The number of rotatable bonds is 3. The first kappa shape index (κ1) is 21.2. The summed E-state index contributed by atoms with van der Waals surface area (Å²) >= 11 is 0. The van der Waals surface area contributed by atoms with E-state index in [0.717, 1.165) is 28.8 Å². The monoisotopic (exact) mass is 431 g/mol. The predicted molar refractivity (Wildman–Crippen MR) is 137 cm³/mol. The van der Waals surface area contributed by atoms with Gasteiger partial charge in [0.1, 0.15) is 0 Å². The molecule has 1 aliphatic rings. The number of nitrogens with zero attached hydrogens (tertiary/aromatic N) is 1. The number of para-hydroxylation sites is 1. The molecular formula is C31H29NO. The number of carbonyl (C=O) groups is 1. The Kier molecular flexibility index (Phi) is 5.17. The van der Waals surface area contributed by atoms with Crippen LogP contribution in [0.2, 0.25) is 0 Å². The van der Waals surface area contributed by atoms with Gasteiger partial charge in [-0.1, -0.05) is 104 Å². The standard InChI is InChI=1S/C31H29NO/c1-30(2)22-31(3,24-16-8-5-9-17-24)27-20-12-13-21-28(27)32(30)29(33)26-19-11-10-18-25(26)23-14-6-4-7-15-23/h4-21H,22H2,1-3H3/t31-/m1/s1. The summed E-state index contributed by atoms with van der Waals surface area (Å²) in [4.78, 5) is 16.3. The second kappa shape index (κ2) is 8.04. The average molecular weight is 432 g/mol. The van der Waals surface area contributed by atoms with Crippen LogP contribution in [0.4, 0.5) is 5.69 Å². The van der Waals surface area contributed by atoms with E-state index in [-0.39, 0.29) is 16.9 Å². The molecule has 0 saturated heterocycles. The molecular weight excluding hydrogens is 402 g/mol. The molecule has 0 unspecified atom stereocenters. The van der Waals surface area contributed by atoms with Crippen LogP contribution in [0.3, 0.4) is 0 Å². The van der Waals surface area contributed by atoms with Gasteiger partial charge in [0.2, 0.25) is 0 Å². The van der Waals surface area contributed by atoms with E-state index in [9.17, 15) is 4.79 Å². The Morgan fingerprint density at radius 1 is 0.697 bits per heavy atom. The van der Waals surface area contributed by atoms with Gasteiger partial charge in [-0.2, -0.15) is 0 Å². The van der Waals surface area contributed by atoms with Crippen LogP contribution < -0.4 is 4.90 Å². The third-order valence-corrected chi connectivity index (χ3v) is 6.99. The minimum atomic E-state index is -0.375. The highest BCUT2D eigenvalue weighted by Crippen LogP contribution is 2.50. The maximum absolute atomic E-state index is 14.2. The number of anilines is 1. The van der Waals surface area contributed by atoms with Crippen LogP contribution in [0.5, 0.6) is 0 Å². The zero-order valence-electron chi connectivity index (χ0n) is 19.5. The summed E-state index contributed by atoms with van der Waals surface area (Å²) in [5.74, 6) is 0.0435. The third-order valence-electron chi connectivity index (χ3n) is 6.99. The molecule has 1 amide bonds. The van der Waals surface area contributed by atoms with Crippen LogP contribution in [0.25, 0.3) is 11.1 Å². The highest BCUT2D eigenvalue weighted by atomic mass is 16.2. The summed E-state index contributed by atoms with van der Waals surface area (Å²) in [6.45, 7) is 6.68. The predicted octanol–water partition coefficient (Wildman–Crippen LogP) is 7.49. The van der Waals surface area contributed by atoms with Crippen molar-refractivity contribution in [3.63, 3.8) is 0 Å². The molecule has 2 nitrogen and oxygen atoms in total. The lowest BCUT2D eigenvalue weighted by molar-refractivity contribution is 0.0949. The van der Waals surface area contributed by atoms with Crippen LogP contribution >= 0.6 is 0 Å². The molecule has 0 radical (unpaired) electrons. The minimum Gasteiger partial charge on any atom is -0.302 e. The van der Waals surface area contributed by atoms with Crippen LogP contribution in [0.1, 0.15) is 48.7 Å². The van der Waals surface area contributed by atoms with Crippen molar-refractivity contribution in [1.29, 1.82) is 0 Å². The summed E-state index contributed by atoms with van der Waals surface area (Å²) in [6, 6.07) is 37.2. The molecule has 0 bridgehead atoms. The van der Waals surface area contributed by atoms with Gasteiger partial charge in [-0.25, -0.2) is 0 Å². The van der Waals surface area contributed by atoms with E-state index in [0.29, 0.717) is 0 Å². The SMILES string of the molecule is CC1(C)C[C@](C)(c2ccccc2)c2ccccc2N1C(=O)c1ccccc1-c1ccccc1. The molecule has 33 heavy (non-hydrogen) atoms. The lowest BCUT2D eigenvalue weighted by Gasteiger charge is -2.51. The van der Waals surface area contributed by atoms with E-state index in [2.05, 4.69) is 81.4 Å². The number of fused-ring (bicyclic) bond motifs is 1. The number of carbonyl (C=O) groups excluding carboxylic acids is 1. The largest absolute Gasteiger partial charge is 0.302 e. The Hall–Kier alpha value is -3.65. The molecule has 0 saturated carbocycles. The topological polar surface area (TPSA) is 20.3 Å². The van der Waals surface area contributed by atoms with Gasteiger partial charge in [0.05, 0.1) is 0 Å². The van der Waals surface area contributed by atoms with E-state index in [1.54, 1.807) is 0 Å². The van der Waals surface area contributed by atoms with E-state index >= 15 is 0 Å². The van der Waals surface area contributed by atoms with Gasteiger partial charge < -0.3 is 4.90 Å². The first-order chi connectivity index (χ1) is 15.9. The number of benzene rings is 4. The van der Waals surface area contributed by atoms with Gasteiger partial charge >= 0.3 is 0 Å². The van der Waals surface area contributed by atoms with Gasteiger partial charge in [0, 0.05) is 22.2 Å². The van der Waals surface area contributed by atoms with Gasteiger partial charge in [-0.3, -0.25) is 4.79 Å². The van der Waals surface area contributed by atoms with Crippen molar-refractivity contribution in [2.75, 3.05) is 4.90 Å². The van der Waals surface area contributed by atoms with E-state index < -0.39 is 0 Å². The quantitative estimate of drug-likeness (QED) is 0.329. The van der Waals surface area contributed by atoms with Crippen molar-refractivity contribution in [3.8, 4) is 11.1 Å². The fourth-order valence-corrected chi connectivity index (χ4v) is 5.61. The van der Waals surface area contributed by atoms with Crippen molar-refractivity contribution in [2.45, 2.75) is 38.1 Å². The van der Waals surface area contributed by atoms with Gasteiger partial charge in [-0.05, 0) is 54.7 Å². The second-order valence-corrected chi connectivity index (χ2v) is 9.76. The summed E-state index contributed by atoms with van der Waals surface area (Å²) in [6.07, 6.45) is 0.834. The highest BCUT2D eigenvalue weighted by molar-refractivity contribution is 6.11. The van der Waals surface area contributed by atoms with Gasteiger partial charge in [-0.15, -0.1) is 0 Å². The van der Waals surface area contributed by atoms with E-state index in [1.807, 2.05) is 53.4 Å². The number of amides is 1. The van der Waals surface area contributed by atoms with E-state index in [1.165, 1.54) is 11.1 Å². The number of hydrogen-bond acceptors (Lipinski definition) is 1. The molecule has 164 valence electrons. The molecule has 0 aromatic heterocycles. The lowest BCUT2D eigenvalue weighted by Crippen LogP contribution is -2.56. The Morgan fingerprint density at radius 3 is 2.00 bits per heavy atom. The molecule has 0 fully saturated rings. The smallest absolute Gasteiger partial charge is 0.259 e. The molecule has 1 aliphatic heterocycles. The van der Waals surface area contributed by atoms with Crippen LogP contribution in [0, 0.1) is 0 Å². The Balaban J connectivity index is 1.67. The summed E-state index contributed by atoms with van der Waals surface area (Å²) in [5, 5.41) is 0. The molecule has 0 spiro atoms. The van der Waals surface area contributed by atoms with E-state index in [4.69, 9.17) is 0 Å². The summed E-state index contributed by atoms with van der Waals surface area (Å²) < 4.78 is 0. The molecule has 1 atom stereocenters.